The first-order chi connectivity index (χ1) is 5.83. The maximum atomic E-state index is 9.82. The third-order valence-electron chi connectivity index (χ3n) is 1.53. The summed E-state index contributed by atoms with van der Waals surface area (Å²) < 4.78 is 4.57. The van der Waals surface area contributed by atoms with Crippen LogP contribution >= 0.6 is 0 Å². The van der Waals surface area contributed by atoms with Crippen molar-refractivity contribution < 1.29 is 9.53 Å². The van der Waals surface area contributed by atoms with E-state index in [1.165, 1.54) is 5.56 Å². The minimum absolute atomic E-state index is 0.449. The highest BCUT2D eigenvalue weighted by molar-refractivity contribution is 7.58. The van der Waals surface area contributed by atoms with E-state index in [0.717, 1.165) is 11.3 Å². The van der Waals surface area contributed by atoms with E-state index in [1.807, 2.05) is 24.3 Å². The topological polar surface area (TPSA) is 26.3 Å². The van der Waals surface area contributed by atoms with Gasteiger partial charge in [-0.2, -0.15) is 0 Å². The molecule has 0 saturated carbocycles. The van der Waals surface area contributed by atoms with Gasteiger partial charge in [-0.1, -0.05) is 12.1 Å². The fraction of sp³-hybridized carbons (Fsp3) is 0.222. The number of carbonyl (C=O) groups is 1. The van der Waals surface area contributed by atoms with Crippen LogP contribution in [0.15, 0.2) is 29.2 Å². The zero-order chi connectivity index (χ0) is 8.81. The Bertz CT molecular complexity index is 243. The van der Waals surface area contributed by atoms with E-state index in [4.69, 9.17) is 0 Å². The van der Waals surface area contributed by atoms with Crippen LogP contribution < -0.4 is 0 Å². The molecule has 0 heterocycles. The van der Waals surface area contributed by atoms with Gasteiger partial charge in [0.15, 0.2) is 0 Å². The molecule has 2 nitrogen and oxygen atoms in total. The molecule has 0 N–H and O–H groups in total. The van der Waals surface area contributed by atoms with Crippen molar-refractivity contribution >= 4 is 19.1 Å². The van der Waals surface area contributed by atoms with Crippen LogP contribution in [0, 0.1) is 0 Å². The molecule has 0 aliphatic carbocycles. The Morgan fingerprint density at radius 2 is 2.00 bits per heavy atom. The number of carbonyl (C=O) groups excluding carboxylic acids is 1. The average molecular weight is 183 g/mol. The minimum atomic E-state index is 0.449. The van der Waals surface area contributed by atoms with Gasteiger partial charge in [-0.15, -0.1) is 0 Å². The second-order valence-corrected chi connectivity index (χ2v) is 2.99. The number of hydrogen-bond donors (Lipinski definition) is 0. The SMILES string of the molecule is O=COCCc1ccc([SH2+])cc1. The lowest BCUT2D eigenvalue weighted by atomic mass is 10.2. The van der Waals surface area contributed by atoms with Gasteiger partial charge in [0.25, 0.3) is 6.47 Å². The van der Waals surface area contributed by atoms with Gasteiger partial charge >= 0.3 is 0 Å². The van der Waals surface area contributed by atoms with Gasteiger partial charge in [0.1, 0.15) is 4.90 Å². The first-order valence-corrected chi connectivity index (χ1v) is 4.19. The lowest BCUT2D eigenvalue weighted by Crippen LogP contribution is -1.96. The Balaban J connectivity index is 2.42. The van der Waals surface area contributed by atoms with Crippen LogP contribution in [-0.4, -0.2) is 13.1 Å². The molecule has 0 amide bonds. The molecule has 0 atom stereocenters. The summed E-state index contributed by atoms with van der Waals surface area (Å²) in [5.74, 6) is 0. The molecule has 0 aliphatic rings. The zero-order valence-corrected chi connectivity index (χ0v) is 7.62. The predicted molar refractivity (Wildman–Crippen MR) is 50.6 cm³/mol. The first kappa shape index (κ1) is 9.13. The molecule has 1 aromatic rings. The fourth-order valence-corrected chi connectivity index (χ4v) is 1.06. The molecule has 0 saturated heterocycles. The molecule has 12 heavy (non-hydrogen) atoms. The largest absolute Gasteiger partial charge is 0.468 e. The van der Waals surface area contributed by atoms with Gasteiger partial charge in [0, 0.05) is 6.42 Å². The molecule has 0 aromatic heterocycles. The number of rotatable bonds is 4. The molecule has 0 bridgehead atoms. The second-order valence-electron chi connectivity index (χ2n) is 2.41. The highest BCUT2D eigenvalue weighted by Gasteiger charge is 1.94. The molecular formula is C9H11O2S+. The van der Waals surface area contributed by atoms with Gasteiger partial charge in [0.05, 0.1) is 6.61 Å². The summed E-state index contributed by atoms with van der Waals surface area (Å²) in [6.07, 6.45) is 0.769. The van der Waals surface area contributed by atoms with Crippen LogP contribution in [0.1, 0.15) is 5.56 Å². The quantitative estimate of drug-likeness (QED) is 0.391. The van der Waals surface area contributed by atoms with Crippen LogP contribution in [-0.2, 0) is 28.6 Å². The van der Waals surface area contributed by atoms with Crippen molar-refractivity contribution in [1.29, 1.82) is 0 Å². The number of ether oxygens (including phenoxy) is 1. The Labute approximate surface area is 77.0 Å². The van der Waals surface area contributed by atoms with Gasteiger partial charge in [-0.3, -0.25) is 4.79 Å². The van der Waals surface area contributed by atoms with Crippen LogP contribution in [0.4, 0.5) is 0 Å². The standard InChI is InChI=1S/C9H10O2S/c10-7-11-6-5-8-1-3-9(12)4-2-8/h1-4,7,12H,5-6H2/p+1. The van der Waals surface area contributed by atoms with Crippen LogP contribution in [0.3, 0.4) is 0 Å². The van der Waals surface area contributed by atoms with Crippen LogP contribution in [0.25, 0.3) is 0 Å². The van der Waals surface area contributed by atoms with Crippen molar-refractivity contribution in [1.82, 2.24) is 0 Å². The summed E-state index contributed by atoms with van der Waals surface area (Å²) in [7, 11) is 0. The van der Waals surface area contributed by atoms with Gasteiger partial charge in [0.2, 0.25) is 0 Å². The van der Waals surface area contributed by atoms with E-state index in [-0.39, 0.29) is 0 Å². The summed E-state index contributed by atoms with van der Waals surface area (Å²) in [6.45, 7) is 0.920. The van der Waals surface area contributed by atoms with Crippen LogP contribution in [0.5, 0.6) is 0 Å². The monoisotopic (exact) mass is 183 g/mol. The van der Waals surface area contributed by atoms with Gasteiger partial charge < -0.3 is 4.74 Å². The summed E-state index contributed by atoms with van der Waals surface area (Å²) in [5.41, 5.74) is 1.17. The second kappa shape index (κ2) is 4.83. The van der Waals surface area contributed by atoms with E-state index < -0.39 is 0 Å². The van der Waals surface area contributed by atoms with E-state index in [1.54, 1.807) is 0 Å². The highest BCUT2D eigenvalue weighted by atomic mass is 32.1. The van der Waals surface area contributed by atoms with Crippen molar-refractivity contribution in [2.45, 2.75) is 11.3 Å². The first-order valence-electron chi connectivity index (χ1n) is 3.69. The molecular weight excluding hydrogens is 172 g/mol. The third-order valence-corrected chi connectivity index (χ3v) is 1.86. The molecule has 1 rings (SSSR count). The molecule has 0 radical (unpaired) electrons. The third kappa shape index (κ3) is 2.96. The molecule has 0 unspecified atom stereocenters. The number of hydrogen-bond acceptors (Lipinski definition) is 2. The van der Waals surface area contributed by atoms with Crippen LogP contribution in [0.2, 0.25) is 0 Å². The number of benzene rings is 1. The molecule has 0 aliphatic heterocycles. The average Bonchev–Trinajstić information content (AvgIpc) is 2.09. The summed E-state index contributed by atoms with van der Waals surface area (Å²) in [4.78, 5) is 10.9. The summed E-state index contributed by atoms with van der Waals surface area (Å²) in [5, 5.41) is 0. The Hall–Kier alpha value is -0.960. The molecule has 3 heteroatoms. The van der Waals surface area contributed by atoms with E-state index in [2.05, 4.69) is 17.4 Å². The van der Waals surface area contributed by atoms with Crippen molar-refractivity contribution in [2.24, 2.45) is 0 Å². The van der Waals surface area contributed by atoms with E-state index in [9.17, 15) is 4.79 Å². The lowest BCUT2D eigenvalue weighted by Gasteiger charge is -1.98. The predicted octanol–water partition coefficient (Wildman–Crippen LogP) is 0.772. The van der Waals surface area contributed by atoms with E-state index >= 15 is 0 Å². The lowest BCUT2D eigenvalue weighted by molar-refractivity contribution is -0.128. The smallest absolute Gasteiger partial charge is 0.293 e. The maximum absolute atomic E-state index is 9.82. The molecule has 1 aromatic carbocycles. The normalized spacial score (nSPS) is 9.42. The van der Waals surface area contributed by atoms with Crippen molar-refractivity contribution in [2.75, 3.05) is 6.61 Å². The highest BCUT2D eigenvalue weighted by Crippen LogP contribution is 2.03. The fourth-order valence-electron chi connectivity index (χ4n) is 0.896. The molecule has 0 fully saturated rings. The van der Waals surface area contributed by atoms with Crippen molar-refractivity contribution in [3.8, 4) is 0 Å². The maximum Gasteiger partial charge on any atom is 0.293 e. The molecule has 64 valence electrons. The Morgan fingerprint density at radius 1 is 1.33 bits per heavy atom. The van der Waals surface area contributed by atoms with Crippen molar-refractivity contribution in [3.63, 3.8) is 0 Å². The summed E-state index contributed by atoms with van der Waals surface area (Å²) in [6, 6.07) is 7.92. The Morgan fingerprint density at radius 3 is 2.58 bits per heavy atom. The van der Waals surface area contributed by atoms with Crippen molar-refractivity contribution in [3.05, 3.63) is 29.8 Å². The van der Waals surface area contributed by atoms with E-state index in [0.29, 0.717) is 13.1 Å². The zero-order valence-electron chi connectivity index (χ0n) is 6.62. The van der Waals surface area contributed by atoms with Gasteiger partial charge in [-0.05, 0) is 30.3 Å². The molecule has 0 spiro atoms. The summed E-state index contributed by atoms with van der Waals surface area (Å²) >= 11 is 3.39. The van der Waals surface area contributed by atoms with Gasteiger partial charge in [-0.25, -0.2) is 0 Å². The minimum Gasteiger partial charge on any atom is -0.468 e. The Kier molecular flexibility index (Phi) is 3.67.